The Kier molecular flexibility index (Phi) is 27.0. The fourth-order valence-electron chi connectivity index (χ4n) is 0.253. The zero-order valence-electron chi connectivity index (χ0n) is 6.00. The van der Waals surface area contributed by atoms with Gasteiger partial charge in [-0.05, 0) is 12.1 Å². The van der Waals surface area contributed by atoms with Gasteiger partial charge in [-0.3, -0.25) is 0 Å². The largest absolute Gasteiger partial charge is 2.00 e. The van der Waals surface area contributed by atoms with E-state index >= 15 is 0 Å². The van der Waals surface area contributed by atoms with Crippen molar-refractivity contribution in [3.8, 4) is 0 Å². The summed E-state index contributed by atoms with van der Waals surface area (Å²) in [6.45, 7) is 5.00. The van der Waals surface area contributed by atoms with Gasteiger partial charge in [0, 0.05) is 12.4 Å². The average Bonchev–Trinajstić information content (AvgIpc) is 1.96. The summed E-state index contributed by atoms with van der Waals surface area (Å²) in [5.41, 5.74) is 0. The summed E-state index contributed by atoms with van der Waals surface area (Å²) < 4.78 is 0. The molecule has 1 aromatic heterocycles. The first-order valence-electron chi connectivity index (χ1n) is 2.42. The van der Waals surface area contributed by atoms with Crippen molar-refractivity contribution in [2.24, 2.45) is 0 Å². The number of aromatic nitrogens is 2. The third-order valence-corrected chi connectivity index (χ3v) is 0.483. The van der Waals surface area contributed by atoms with Crippen LogP contribution in [0, 0.1) is 6.92 Å². The molecule has 0 N–H and O–H groups in total. The van der Waals surface area contributed by atoms with Crippen molar-refractivity contribution in [1.82, 2.24) is 10.2 Å². The van der Waals surface area contributed by atoms with E-state index in [1.165, 1.54) is 0 Å². The van der Waals surface area contributed by atoms with Gasteiger partial charge in [0.25, 0.3) is 0 Å². The summed E-state index contributed by atoms with van der Waals surface area (Å²) in [5.74, 6) is 0. The smallest absolute Gasteiger partial charge is 1.00 e. The summed E-state index contributed by atoms with van der Waals surface area (Å²) >= 11 is 0. The second-order valence-electron chi connectivity index (χ2n) is 0.914. The van der Waals surface area contributed by atoms with E-state index in [9.17, 15) is 0 Å². The minimum absolute atomic E-state index is 0. The normalized spacial score (nSPS) is 5.40. The van der Waals surface area contributed by atoms with Crippen LogP contribution in [-0.4, -0.2) is 33.3 Å². The Morgan fingerprint density at radius 1 is 1.00 bits per heavy atom. The zero-order chi connectivity index (χ0) is 6.24. The number of rotatable bonds is 0. The van der Waals surface area contributed by atoms with Gasteiger partial charge in [0.1, 0.15) is 0 Å². The van der Waals surface area contributed by atoms with E-state index in [-0.39, 0.29) is 40.0 Å². The van der Waals surface area contributed by atoms with Crippen molar-refractivity contribution < 1.29 is 17.0 Å². The van der Waals surface area contributed by atoms with Gasteiger partial charge >= 0.3 is 23.1 Å². The molecule has 0 bridgehead atoms. The van der Waals surface area contributed by atoms with Crippen LogP contribution in [0.25, 0.3) is 0 Å². The summed E-state index contributed by atoms with van der Waals surface area (Å²) in [6.07, 6.45) is 3.28. The van der Waals surface area contributed by atoms with Crippen molar-refractivity contribution in [2.45, 2.75) is 6.92 Å². The summed E-state index contributed by atoms with van der Waals surface area (Å²) in [5, 5.41) is 7.07. The van der Waals surface area contributed by atoms with E-state index in [0.717, 1.165) is 0 Å². The third kappa shape index (κ3) is 11.2. The molecule has 0 radical (unpaired) electrons. The minimum atomic E-state index is 0. The van der Waals surface area contributed by atoms with Gasteiger partial charge < -0.3 is 23.9 Å². The topological polar surface area (TPSA) is 25.8 Å². The molecule has 0 fully saturated rings. The first-order chi connectivity index (χ1) is 4.00. The van der Waals surface area contributed by atoms with Gasteiger partial charge in [0.15, 0.2) is 0 Å². The Morgan fingerprint density at radius 3 is 1.40 bits per heavy atom. The van der Waals surface area contributed by atoms with Crippen molar-refractivity contribution in [3.05, 3.63) is 31.5 Å². The third-order valence-electron chi connectivity index (χ3n) is 0.483. The Morgan fingerprint density at radius 2 is 1.30 bits per heavy atom. The van der Waals surface area contributed by atoms with E-state index in [0.29, 0.717) is 0 Å². The summed E-state index contributed by atoms with van der Waals surface area (Å²) in [7, 11) is 0. The van der Waals surface area contributed by atoms with E-state index in [4.69, 9.17) is 0 Å². The van der Waals surface area contributed by atoms with Crippen molar-refractivity contribution in [3.63, 3.8) is 0 Å². The van der Waals surface area contributed by atoms with Crippen LogP contribution in [0.1, 0.15) is 6.92 Å². The second-order valence-corrected chi connectivity index (χ2v) is 0.914. The Balaban J connectivity index is -0.000000114. The molecule has 0 atom stereocenters. The van der Waals surface area contributed by atoms with Gasteiger partial charge in [-0.15, -0.1) is 0 Å². The standard InChI is InChI=1S/C4H4N2.C2H5.BrH.Mg/c1-2-4-6-5-3-1;1-2;;/h1-4H;1H2,2H3;1H;/q;-1;;+2/p-1. The van der Waals surface area contributed by atoms with Crippen LogP contribution in [0.4, 0.5) is 0 Å². The van der Waals surface area contributed by atoms with E-state index in [2.05, 4.69) is 17.1 Å². The fourth-order valence-corrected chi connectivity index (χ4v) is 0.253. The Hall–Kier alpha value is 0.326. The predicted octanol–water partition coefficient (Wildman–Crippen LogP) is -2.06. The molecule has 1 rings (SSSR count). The van der Waals surface area contributed by atoms with Crippen LogP contribution < -0.4 is 17.0 Å². The summed E-state index contributed by atoms with van der Waals surface area (Å²) in [4.78, 5) is 0. The molecule has 0 unspecified atom stereocenters. The maximum absolute atomic E-state index is 3.53. The molecule has 0 aliphatic heterocycles. The molecule has 0 aliphatic rings. The minimum Gasteiger partial charge on any atom is -1.00 e. The average molecular weight is 213 g/mol. The molecule has 52 valence electrons. The molecule has 0 aromatic carbocycles. The SMILES string of the molecule is [Br-].[CH2-]C.[Mg+2].c1ccnnc1. The molecule has 0 saturated carbocycles. The van der Waals surface area contributed by atoms with Crippen molar-refractivity contribution in [1.29, 1.82) is 0 Å². The molecule has 0 saturated heterocycles. The van der Waals surface area contributed by atoms with Crippen LogP contribution in [0.2, 0.25) is 0 Å². The Labute approximate surface area is 88.4 Å². The first kappa shape index (κ1) is 16.7. The molecule has 0 spiro atoms. The first-order valence-corrected chi connectivity index (χ1v) is 2.42. The monoisotopic (exact) mass is 212 g/mol. The molecule has 0 amide bonds. The van der Waals surface area contributed by atoms with Crippen LogP contribution in [0.5, 0.6) is 0 Å². The number of hydrogen-bond acceptors (Lipinski definition) is 2. The van der Waals surface area contributed by atoms with Crippen molar-refractivity contribution in [2.75, 3.05) is 0 Å². The van der Waals surface area contributed by atoms with Crippen molar-refractivity contribution >= 4 is 23.1 Å². The summed E-state index contributed by atoms with van der Waals surface area (Å²) in [6, 6.07) is 3.65. The molecule has 1 heterocycles. The van der Waals surface area contributed by atoms with E-state index < -0.39 is 0 Å². The molecule has 0 aliphatic carbocycles. The quantitative estimate of drug-likeness (QED) is 0.366. The molecule has 4 heteroatoms. The van der Waals surface area contributed by atoms with Crippen LogP contribution >= 0.6 is 0 Å². The van der Waals surface area contributed by atoms with Gasteiger partial charge in [-0.2, -0.15) is 17.1 Å². The van der Waals surface area contributed by atoms with Gasteiger partial charge in [-0.1, -0.05) is 0 Å². The van der Waals surface area contributed by atoms with E-state index in [1.54, 1.807) is 19.3 Å². The number of halogens is 1. The molecule has 10 heavy (non-hydrogen) atoms. The van der Waals surface area contributed by atoms with Crippen LogP contribution in [-0.2, 0) is 0 Å². The van der Waals surface area contributed by atoms with E-state index in [1.807, 2.05) is 12.1 Å². The van der Waals surface area contributed by atoms with Gasteiger partial charge in [0.2, 0.25) is 0 Å². The van der Waals surface area contributed by atoms with Gasteiger partial charge in [-0.25, -0.2) is 0 Å². The fraction of sp³-hybridized carbons (Fsp3) is 0.167. The van der Waals surface area contributed by atoms with Crippen LogP contribution in [0.15, 0.2) is 24.5 Å². The maximum Gasteiger partial charge on any atom is 2.00 e. The van der Waals surface area contributed by atoms with Gasteiger partial charge in [0.05, 0.1) is 0 Å². The maximum atomic E-state index is 3.53. The Bertz CT molecular complexity index is 87.7. The van der Waals surface area contributed by atoms with Crippen LogP contribution in [0.3, 0.4) is 0 Å². The number of nitrogens with zero attached hydrogens (tertiary/aromatic N) is 2. The molecule has 1 aromatic rings. The second kappa shape index (κ2) is 16.2. The number of hydrogen-bond donors (Lipinski definition) is 0. The zero-order valence-corrected chi connectivity index (χ0v) is 9.00. The predicted molar refractivity (Wildman–Crippen MR) is 38.8 cm³/mol. The molecular weight excluding hydrogens is 204 g/mol. The molecule has 2 nitrogen and oxygen atoms in total. The molecular formula is C6H9BrMgN2.